The molecule has 3 rings (SSSR count). The molecular weight excluding hydrogens is 250 g/mol. The Morgan fingerprint density at radius 3 is 1.95 bits per heavy atom. The average Bonchev–Trinajstić information content (AvgIpc) is 2.71. The Kier molecular flexibility index (Phi) is 2.95. The molecule has 2 aromatic carbocycles. The number of nitrogens with one attached hydrogen (secondary N) is 1. The van der Waals surface area contributed by atoms with E-state index >= 15 is 0 Å². The maximum absolute atomic E-state index is 12.2. The molecule has 0 saturated carbocycles. The second-order valence-electron chi connectivity index (χ2n) is 4.77. The molecule has 0 fully saturated rings. The van der Waals surface area contributed by atoms with E-state index < -0.39 is 0 Å². The first-order valence-electron chi connectivity index (χ1n) is 6.38. The lowest BCUT2D eigenvalue weighted by Crippen LogP contribution is -2.03. The number of fused-ring (bicyclic) bond motifs is 1. The lowest BCUT2D eigenvalue weighted by atomic mass is 10.1. The van der Waals surface area contributed by atoms with Gasteiger partial charge in [-0.05, 0) is 19.1 Å². The Balaban J connectivity index is 1.89. The summed E-state index contributed by atoms with van der Waals surface area (Å²) in [7, 11) is 0. The van der Waals surface area contributed by atoms with Crippen LogP contribution in [0, 0.1) is 6.92 Å². The highest BCUT2D eigenvalue weighted by molar-refractivity contribution is 6.39. The summed E-state index contributed by atoms with van der Waals surface area (Å²) in [5, 5.41) is 3.01. The third kappa shape index (κ3) is 2.03. The zero-order valence-electron chi connectivity index (χ0n) is 11.0. The SMILES string of the molecule is Cc1ccc(NC=C2C(=O)c3ccccc3C2=O)cc1. The summed E-state index contributed by atoms with van der Waals surface area (Å²) in [5.74, 6) is -0.435. The van der Waals surface area contributed by atoms with Crippen molar-refractivity contribution in [2.45, 2.75) is 6.92 Å². The summed E-state index contributed by atoms with van der Waals surface area (Å²) < 4.78 is 0. The van der Waals surface area contributed by atoms with Crippen molar-refractivity contribution in [1.29, 1.82) is 0 Å². The van der Waals surface area contributed by atoms with Gasteiger partial charge in [0.05, 0.1) is 5.57 Å². The Bertz CT molecular complexity index is 690. The Labute approximate surface area is 116 Å². The highest BCUT2D eigenvalue weighted by Gasteiger charge is 2.32. The Morgan fingerprint density at radius 2 is 1.40 bits per heavy atom. The van der Waals surface area contributed by atoms with Gasteiger partial charge in [0.25, 0.3) is 0 Å². The smallest absolute Gasteiger partial charge is 0.199 e. The van der Waals surface area contributed by atoms with E-state index in [0.29, 0.717) is 11.1 Å². The summed E-state index contributed by atoms with van der Waals surface area (Å²) in [6.45, 7) is 2.00. The molecule has 0 bridgehead atoms. The molecule has 0 heterocycles. The number of carbonyl (C=O) groups excluding carboxylic acids is 2. The van der Waals surface area contributed by atoms with E-state index in [-0.39, 0.29) is 17.1 Å². The molecule has 0 amide bonds. The van der Waals surface area contributed by atoms with Gasteiger partial charge in [0.15, 0.2) is 11.6 Å². The summed E-state index contributed by atoms with van der Waals surface area (Å²) in [5.41, 5.74) is 3.15. The second-order valence-corrected chi connectivity index (χ2v) is 4.77. The van der Waals surface area contributed by atoms with Crippen LogP contribution >= 0.6 is 0 Å². The first-order valence-corrected chi connectivity index (χ1v) is 6.38. The number of anilines is 1. The van der Waals surface area contributed by atoms with Crippen LogP contribution in [-0.2, 0) is 0 Å². The molecule has 20 heavy (non-hydrogen) atoms. The second kappa shape index (κ2) is 4.78. The van der Waals surface area contributed by atoms with E-state index in [9.17, 15) is 9.59 Å². The highest BCUT2D eigenvalue weighted by atomic mass is 16.2. The molecule has 0 unspecified atom stereocenters. The quantitative estimate of drug-likeness (QED) is 0.667. The average molecular weight is 263 g/mol. The summed E-state index contributed by atoms with van der Waals surface area (Å²) in [6, 6.07) is 14.6. The molecule has 3 heteroatoms. The van der Waals surface area contributed by atoms with Crippen LogP contribution in [0.4, 0.5) is 5.69 Å². The number of benzene rings is 2. The minimum absolute atomic E-state index is 0.187. The van der Waals surface area contributed by atoms with E-state index in [1.807, 2.05) is 31.2 Å². The fourth-order valence-electron chi connectivity index (χ4n) is 2.21. The van der Waals surface area contributed by atoms with Crippen molar-refractivity contribution in [3.8, 4) is 0 Å². The van der Waals surface area contributed by atoms with E-state index in [2.05, 4.69) is 5.32 Å². The molecule has 1 aliphatic rings. The van der Waals surface area contributed by atoms with Gasteiger partial charge in [-0.15, -0.1) is 0 Å². The molecule has 98 valence electrons. The van der Waals surface area contributed by atoms with Crippen molar-refractivity contribution >= 4 is 17.3 Å². The third-order valence-corrected chi connectivity index (χ3v) is 3.34. The normalized spacial score (nSPS) is 13.3. The number of carbonyl (C=O) groups is 2. The standard InChI is InChI=1S/C17H13NO2/c1-11-6-8-12(9-7-11)18-10-15-16(19)13-4-2-3-5-14(13)17(15)20/h2-10,18H,1H3. The van der Waals surface area contributed by atoms with Crippen LogP contribution < -0.4 is 5.32 Å². The molecule has 0 radical (unpaired) electrons. The monoisotopic (exact) mass is 263 g/mol. The van der Waals surface area contributed by atoms with E-state index in [1.54, 1.807) is 24.3 Å². The number of allylic oxidation sites excluding steroid dienone is 1. The van der Waals surface area contributed by atoms with Crippen molar-refractivity contribution in [3.63, 3.8) is 0 Å². The molecule has 0 aromatic heterocycles. The molecule has 3 nitrogen and oxygen atoms in total. The van der Waals surface area contributed by atoms with Crippen LogP contribution in [0.2, 0.25) is 0 Å². The van der Waals surface area contributed by atoms with Gasteiger partial charge in [-0.2, -0.15) is 0 Å². The first kappa shape index (κ1) is 12.4. The maximum Gasteiger partial charge on any atom is 0.199 e. The molecule has 0 spiro atoms. The molecule has 1 aliphatic carbocycles. The summed E-state index contributed by atoms with van der Waals surface area (Å²) in [4.78, 5) is 24.3. The van der Waals surface area contributed by atoms with Crippen molar-refractivity contribution in [2.24, 2.45) is 0 Å². The lowest BCUT2D eigenvalue weighted by molar-refractivity contribution is 0.0988. The number of aryl methyl sites for hydroxylation is 1. The largest absolute Gasteiger partial charge is 0.361 e. The van der Waals surface area contributed by atoms with Crippen molar-refractivity contribution in [1.82, 2.24) is 0 Å². The number of hydrogen-bond acceptors (Lipinski definition) is 3. The van der Waals surface area contributed by atoms with Crippen molar-refractivity contribution in [2.75, 3.05) is 5.32 Å². The van der Waals surface area contributed by atoms with Crippen LogP contribution in [0.5, 0.6) is 0 Å². The van der Waals surface area contributed by atoms with Crippen LogP contribution in [0.3, 0.4) is 0 Å². The number of hydrogen-bond donors (Lipinski definition) is 1. The maximum atomic E-state index is 12.2. The molecule has 0 saturated heterocycles. The predicted octanol–water partition coefficient (Wildman–Crippen LogP) is 3.37. The van der Waals surface area contributed by atoms with Gasteiger partial charge in [0.2, 0.25) is 0 Å². The first-order chi connectivity index (χ1) is 9.66. The van der Waals surface area contributed by atoms with E-state index in [0.717, 1.165) is 11.3 Å². The summed E-state index contributed by atoms with van der Waals surface area (Å²) in [6.07, 6.45) is 1.50. The predicted molar refractivity (Wildman–Crippen MR) is 78.0 cm³/mol. The fraction of sp³-hybridized carbons (Fsp3) is 0.0588. The minimum atomic E-state index is -0.217. The molecule has 1 N–H and O–H groups in total. The van der Waals surface area contributed by atoms with Crippen LogP contribution in [0.25, 0.3) is 0 Å². The zero-order valence-corrected chi connectivity index (χ0v) is 11.0. The topological polar surface area (TPSA) is 46.2 Å². The Morgan fingerprint density at radius 1 is 0.850 bits per heavy atom. The van der Waals surface area contributed by atoms with Gasteiger partial charge >= 0.3 is 0 Å². The van der Waals surface area contributed by atoms with Gasteiger partial charge in [0, 0.05) is 23.0 Å². The lowest BCUT2D eigenvalue weighted by Gasteiger charge is -2.02. The Hall–Kier alpha value is -2.68. The number of ketones is 2. The van der Waals surface area contributed by atoms with Gasteiger partial charge in [0.1, 0.15) is 0 Å². The zero-order chi connectivity index (χ0) is 14.1. The summed E-state index contributed by atoms with van der Waals surface area (Å²) >= 11 is 0. The molecule has 0 aliphatic heterocycles. The van der Waals surface area contributed by atoms with E-state index in [1.165, 1.54) is 6.20 Å². The highest BCUT2D eigenvalue weighted by Crippen LogP contribution is 2.26. The number of rotatable bonds is 2. The van der Waals surface area contributed by atoms with Gasteiger partial charge < -0.3 is 5.32 Å². The van der Waals surface area contributed by atoms with Gasteiger partial charge in [-0.25, -0.2) is 0 Å². The van der Waals surface area contributed by atoms with Gasteiger partial charge in [-0.3, -0.25) is 9.59 Å². The van der Waals surface area contributed by atoms with E-state index in [4.69, 9.17) is 0 Å². The molecular formula is C17H13NO2. The van der Waals surface area contributed by atoms with Crippen LogP contribution in [0.1, 0.15) is 26.3 Å². The molecule has 2 aromatic rings. The fourth-order valence-corrected chi connectivity index (χ4v) is 2.21. The van der Waals surface area contributed by atoms with Gasteiger partial charge in [-0.1, -0.05) is 42.0 Å². The third-order valence-electron chi connectivity index (χ3n) is 3.34. The molecule has 0 atom stereocenters. The van der Waals surface area contributed by atoms with Crippen LogP contribution in [0.15, 0.2) is 60.3 Å². The minimum Gasteiger partial charge on any atom is -0.361 e. The van der Waals surface area contributed by atoms with Crippen molar-refractivity contribution < 1.29 is 9.59 Å². The number of Topliss-reactive ketones (excluding diaryl/α,β-unsaturated/α-hetero) is 2. The van der Waals surface area contributed by atoms with Crippen LogP contribution in [-0.4, -0.2) is 11.6 Å². The van der Waals surface area contributed by atoms with Crippen molar-refractivity contribution in [3.05, 3.63) is 77.0 Å².